The van der Waals surface area contributed by atoms with E-state index in [2.05, 4.69) is 6.92 Å². The zero-order valence-electron chi connectivity index (χ0n) is 9.45. The molecule has 0 saturated carbocycles. The minimum Gasteiger partial charge on any atom is -0.550 e. The zero-order valence-corrected chi connectivity index (χ0v) is 10.3. The largest absolute Gasteiger partial charge is 0.550 e. The summed E-state index contributed by atoms with van der Waals surface area (Å²) in [6, 6.07) is 0. The molecule has 0 aromatic heterocycles. The van der Waals surface area contributed by atoms with Crippen molar-refractivity contribution in [2.75, 3.05) is 0 Å². The average molecular weight is 231 g/mol. The number of hydrogen-bond acceptors (Lipinski definition) is 4. The summed E-state index contributed by atoms with van der Waals surface area (Å²) < 4.78 is 0. The van der Waals surface area contributed by atoms with Gasteiger partial charge < -0.3 is 9.90 Å². The van der Waals surface area contributed by atoms with Gasteiger partial charge in [-0.1, -0.05) is 32.0 Å². The van der Waals surface area contributed by atoms with Crippen molar-refractivity contribution >= 4 is 22.8 Å². The molecule has 0 radical (unpaired) electrons. The Morgan fingerprint density at radius 2 is 1.93 bits per heavy atom. The van der Waals surface area contributed by atoms with Crippen LogP contribution >= 0.6 is 11.8 Å². The van der Waals surface area contributed by atoms with Crippen LogP contribution in [0.1, 0.15) is 52.4 Å². The molecular formula is C11H19O3S-. The van der Waals surface area contributed by atoms with Gasteiger partial charge in [0.1, 0.15) is 0 Å². The summed E-state index contributed by atoms with van der Waals surface area (Å²) in [5, 5.41) is 10.7. The lowest BCUT2D eigenvalue weighted by molar-refractivity contribution is -0.305. The van der Waals surface area contributed by atoms with E-state index >= 15 is 0 Å². The first-order chi connectivity index (χ1) is 7.10. The quantitative estimate of drug-likeness (QED) is 0.638. The number of carboxylic acid groups (broad SMARTS) is 1. The van der Waals surface area contributed by atoms with Gasteiger partial charge in [-0.05, 0) is 25.7 Å². The van der Waals surface area contributed by atoms with E-state index in [1.54, 1.807) is 0 Å². The number of aliphatic carboxylic acids is 1. The van der Waals surface area contributed by atoms with E-state index in [4.69, 9.17) is 0 Å². The Kier molecular flexibility index (Phi) is 8.47. The smallest absolute Gasteiger partial charge is 0.188 e. The lowest BCUT2D eigenvalue weighted by Gasteiger charge is -2.14. The van der Waals surface area contributed by atoms with Crippen LogP contribution in [0.25, 0.3) is 0 Å². The molecule has 1 atom stereocenters. The molecule has 0 aromatic carbocycles. The highest BCUT2D eigenvalue weighted by Crippen LogP contribution is 2.23. The van der Waals surface area contributed by atoms with Crippen molar-refractivity contribution in [2.24, 2.45) is 0 Å². The summed E-state index contributed by atoms with van der Waals surface area (Å²) in [6.07, 6.45) is 4.05. The van der Waals surface area contributed by atoms with Crippen molar-refractivity contribution in [3.8, 4) is 0 Å². The molecule has 0 aliphatic carbocycles. The summed E-state index contributed by atoms with van der Waals surface area (Å²) in [5.41, 5.74) is 0. The van der Waals surface area contributed by atoms with Crippen molar-refractivity contribution in [3.05, 3.63) is 0 Å². The molecule has 0 fully saturated rings. The van der Waals surface area contributed by atoms with Crippen molar-refractivity contribution in [3.63, 3.8) is 0 Å². The monoisotopic (exact) mass is 231 g/mol. The number of thioether (sulfide) groups is 1. The first-order valence-corrected chi connectivity index (χ1v) is 6.37. The average Bonchev–Trinajstić information content (AvgIpc) is 2.17. The van der Waals surface area contributed by atoms with Crippen LogP contribution in [0.15, 0.2) is 0 Å². The Hall–Kier alpha value is -0.510. The van der Waals surface area contributed by atoms with Gasteiger partial charge in [-0.25, -0.2) is 0 Å². The number of carbonyl (C=O) groups excluding carboxylic acids is 2. The summed E-state index contributed by atoms with van der Waals surface area (Å²) in [6.45, 7) is 3.92. The molecule has 0 amide bonds. The Labute approximate surface area is 95.6 Å². The second-order valence-corrected chi connectivity index (χ2v) is 4.88. The molecule has 0 rings (SSSR count). The van der Waals surface area contributed by atoms with Crippen LogP contribution in [-0.4, -0.2) is 16.3 Å². The molecule has 0 bridgehead atoms. The molecule has 0 N–H and O–H groups in total. The fourth-order valence-corrected chi connectivity index (χ4v) is 2.50. The molecule has 88 valence electrons. The summed E-state index contributed by atoms with van der Waals surface area (Å²) in [4.78, 5) is 21.5. The van der Waals surface area contributed by atoms with Gasteiger partial charge in [-0.2, -0.15) is 0 Å². The predicted octanol–water partition coefficient (Wildman–Crippen LogP) is 1.75. The van der Waals surface area contributed by atoms with E-state index in [0.29, 0.717) is 12.8 Å². The predicted molar refractivity (Wildman–Crippen MR) is 60.4 cm³/mol. The summed E-state index contributed by atoms with van der Waals surface area (Å²) >= 11 is 1.37. The minimum atomic E-state index is -1.00. The second-order valence-electron chi connectivity index (χ2n) is 3.52. The standard InChI is InChI=1S/C11H20O3S/c1-3-6-9(15-11(14)4-2)7-5-8-10(12)13/h9H,3-8H2,1-2H3,(H,12,13)/p-1. The van der Waals surface area contributed by atoms with Crippen molar-refractivity contribution < 1.29 is 14.7 Å². The third-order valence-corrected chi connectivity index (χ3v) is 3.46. The lowest BCUT2D eigenvalue weighted by atomic mass is 10.1. The van der Waals surface area contributed by atoms with E-state index in [0.717, 1.165) is 19.3 Å². The maximum atomic E-state index is 11.2. The Morgan fingerprint density at radius 1 is 1.27 bits per heavy atom. The SMILES string of the molecule is CCCC(CCCC(=O)[O-])SC(=O)CC. The molecule has 0 saturated heterocycles. The van der Waals surface area contributed by atoms with Gasteiger partial charge >= 0.3 is 0 Å². The Morgan fingerprint density at radius 3 is 2.40 bits per heavy atom. The van der Waals surface area contributed by atoms with Crippen LogP contribution < -0.4 is 5.11 Å². The second kappa shape index (κ2) is 8.77. The van der Waals surface area contributed by atoms with Crippen LogP contribution in [0.5, 0.6) is 0 Å². The zero-order chi connectivity index (χ0) is 11.7. The van der Waals surface area contributed by atoms with Gasteiger partial charge in [-0.3, -0.25) is 4.79 Å². The molecule has 15 heavy (non-hydrogen) atoms. The van der Waals surface area contributed by atoms with Crippen LogP contribution in [0.2, 0.25) is 0 Å². The molecular weight excluding hydrogens is 212 g/mol. The fourth-order valence-electron chi connectivity index (χ4n) is 1.33. The number of carbonyl (C=O) groups is 2. The van der Waals surface area contributed by atoms with Gasteiger partial charge in [0.25, 0.3) is 0 Å². The maximum absolute atomic E-state index is 11.2. The molecule has 1 unspecified atom stereocenters. The topological polar surface area (TPSA) is 57.2 Å². The number of hydrogen-bond donors (Lipinski definition) is 0. The molecule has 3 nitrogen and oxygen atoms in total. The minimum absolute atomic E-state index is 0.0983. The molecule has 0 aliphatic rings. The van der Waals surface area contributed by atoms with Crippen molar-refractivity contribution in [1.82, 2.24) is 0 Å². The highest BCUT2D eigenvalue weighted by Gasteiger charge is 2.12. The number of carboxylic acids is 1. The lowest BCUT2D eigenvalue weighted by Crippen LogP contribution is -2.22. The third-order valence-electron chi connectivity index (χ3n) is 2.10. The normalized spacial score (nSPS) is 12.4. The molecule has 0 spiro atoms. The Balaban J connectivity index is 3.82. The first-order valence-electron chi connectivity index (χ1n) is 5.49. The van der Waals surface area contributed by atoms with Crippen LogP contribution in [0.4, 0.5) is 0 Å². The molecule has 4 heteroatoms. The maximum Gasteiger partial charge on any atom is 0.188 e. The van der Waals surface area contributed by atoms with E-state index in [1.165, 1.54) is 11.8 Å². The fraction of sp³-hybridized carbons (Fsp3) is 0.818. The Bertz CT molecular complexity index is 204. The number of rotatable bonds is 8. The van der Waals surface area contributed by atoms with Gasteiger partial charge in [-0.15, -0.1) is 0 Å². The molecule has 0 aromatic rings. The van der Waals surface area contributed by atoms with Gasteiger partial charge in [0.05, 0.1) is 0 Å². The van der Waals surface area contributed by atoms with Crippen LogP contribution in [-0.2, 0) is 9.59 Å². The van der Waals surface area contributed by atoms with E-state index in [9.17, 15) is 14.7 Å². The van der Waals surface area contributed by atoms with Crippen LogP contribution in [0.3, 0.4) is 0 Å². The highest BCUT2D eigenvalue weighted by molar-refractivity contribution is 8.14. The van der Waals surface area contributed by atoms with Gasteiger partial charge in [0.15, 0.2) is 5.12 Å². The summed E-state index contributed by atoms with van der Waals surface area (Å²) in [7, 11) is 0. The molecule has 0 aliphatic heterocycles. The van der Waals surface area contributed by atoms with E-state index in [-0.39, 0.29) is 16.8 Å². The molecule has 0 heterocycles. The van der Waals surface area contributed by atoms with Crippen LogP contribution in [0, 0.1) is 0 Å². The van der Waals surface area contributed by atoms with Gasteiger partial charge in [0, 0.05) is 17.6 Å². The van der Waals surface area contributed by atoms with Crippen molar-refractivity contribution in [1.29, 1.82) is 0 Å². The van der Waals surface area contributed by atoms with Gasteiger partial charge in [0.2, 0.25) is 0 Å². The van der Waals surface area contributed by atoms with Crippen molar-refractivity contribution in [2.45, 2.75) is 57.6 Å². The third kappa shape index (κ3) is 8.48. The first kappa shape index (κ1) is 14.5. The van der Waals surface area contributed by atoms with E-state index < -0.39 is 5.97 Å². The highest BCUT2D eigenvalue weighted by atomic mass is 32.2. The summed E-state index contributed by atoms with van der Waals surface area (Å²) in [5.74, 6) is -1.00. The van der Waals surface area contributed by atoms with E-state index in [1.807, 2.05) is 6.92 Å².